The SMILES string of the molecule is CC(C)C[C@H](C(=O)O)N1CC[C@@H](c2ccc(OCc3ccccc3)cc2)C1=O. The van der Waals surface area contributed by atoms with Gasteiger partial charge in [0.1, 0.15) is 18.4 Å². The van der Waals surface area contributed by atoms with Crippen LogP contribution in [-0.4, -0.2) is 34.5 Å². The summed E-state index contributed by atoms with van der Waals surface area (Å²) >= 11 is 0. The molecular formula is C23H27NO4. The van der Waals surface area contributed by atoms with Gasteiger partial charge in [-0.05, 0) is 42.0 Å². The van der Waals surface area contributed by atoms with Gasteiger partial charge >= 0.3 is 5.97 Å². The second kappa shape index (κ2) is 8.91. The van der Waals surface area contributed by atoms with Gasteiger partial charge in [0.15, 0.2) is 0 Å². The maximum absolute atomic E-state index is 12.9. The Labute approximate surface area is 165 Å². The van der Waals surface area contributed by atoms with Crippen molar-refractivity contribution in [2.24, 2.45) is 5.92 Å². The molecule has 1 fully saturated rings. The van der Waals surface area contributed by atoms with Crippen LogP contribution in [0.4, 0.5) is 0 Å². The Morgan fingerprint density at radius 2 is 1.82 bits per heavy atom. The average Bonchev–Trinajstić information content (AvgIpc) is 3.06. The summed E-state index contributed by atoms with van der Waals surface area (Å²) in [6, 6.07) is 16.8. The number of carboxylic acid groups (broad SMARTS) is 1. The number of nitrogens with zero attached hydrogens (tertiary/aromatic N) is 1. The van der Waals surface area contributed by atoms with Gasteiger partial charge in [-0.3, -0.25) is 4.79 Å². The monoisotopic (exact) mass is 381 g/mol. The Morgan fingerprint density at radius 1 is 1.14 bits per heavy atom. The molecule has 0 bridgehead atoms. The summed E-state index contributed by atoms with van der Waals surface area (Å²) in [5.41, 5.74) is 2.01. The maximum atomic E-state index is 12.9. The van der Waals surface area contributed by atoms with E-state index < -0.39 is 12.0 Å². The molecule has 5 nitrogen and oxygen atoms in total. The molecule has 1 N–H and O–H groups in total. The molecular weight excluding hydrogens is 354 g/mol. The van der Waals surface area contributed by atoms with Crippen LogP contribution in [0.5, 0.6) is 5.75 Å². The molecule has 0 aliphatic carbocycles. The Kier molecular flexibility index (Phi) is 6.34. The molecule has 3 rings (SSSR count). The summed E-state index contributed by atoms with van der Waals surface area (Å²) in [6.07, 6.45) is 1.12. The first-order valence-corrected chi connectivity index (χ1v) is 9.75. The lowest BCUT2D eigenvalue weighted by atomic mass is 9.97. The molecule has 1 amide bonds. The number of carbonyl (C=O) groups excluding carboxylic acids is 1. The van der Waals surface area contributed by atoms with Gasteiger partial charge < -0.3 is 14.7 Å². The Balaban J connectivity index is 1.64. The minimum Gasteiger partial charge on any atom is -0.489 e. The van der Waals surface area contributed by atoms with Crippen LogP contribution in [0.3, 0.4) is 0 Å². The number of benzene rings is 2. The number of likely N-dealkylation sites (tertiary alicyclic amines) is 1. The third-order valence-electron chi connectivity index (χ3n) is 5.13. The molecule has 0 radical (unpaired) electrons. The Bertz CT molecular complexity index is 801. The molecule has 0 saturated carbocycles. The number of rotatable bonds is 8. The lowest BCUT2D eigenvalue weighted by Crippen LogP contribution is -2.43. The van der Waals surface area contributed by atoms with E-state index >= 15 is 0 Å². The summed E-state index contributed by atoms with van der Waals surface area (Å²) in [4.78, 5) is 26.0. The number of ether oxygens (including phenoxy) is 1. The van der Waals surface area contributed by atoms with E-state index in [-0.39, 0.29) is 17.7 Å². The van der Waals surface area contributed by atoms with Crippen LogP contribution in [0.1, 0.15) is 43.7 Å². The second-order valence-corrected chi connectivity index (χ2v) is 7.70. The van der Waals surface area contributed by atoms with Crippen molar-refractivity contribution >= 4 is 11.9 Å². The van der Waals surface area contributed by atoms with Crippen LogP contribution in [0.25, 0.3) is 0 Å². The van der Waals surface area contributed by atoms with Crippen molar-refractivity contribution in [1.29, 1.82) is 0 Å². The lowest BCUT2D eigenvalue weighted by molar-refractivity contribution is -0.149. The molecule has 1 saturated heterocycles. The van der Waals surface area contributed by atoms with E-state index in [0.29, 0.717) is 26.0 Å². The van der Waals surface area contributed by atoms with Gasteiger partial charge in [-0.1, -0.05) is 56.3 Å². The van der Waals surface area contributed by atoms with Gasteiger partial charge in [0.2, 0.25) is 5.91 Å². The molecule has 5 heteroatoms. The topological polar surface area (TPSA) is 66.8 Å². The average molecular weight is 381 g/mol. The van der Waals surface area contributed by atoms with Crippen molar-refractivity contribution in [3.63, 3.8) is 0 Å². The zero-order valence-electron chi connectivity index (χ0n) is 16.4. The van der Waals surface area contributed by atoms with Crippen molar-refractivity contribution in [2.45, 2.75) is 45.3 Å². The first-order chi connectivity index (χ1) is 13.5. The van der Waals surface area contributed by atoms with Crippen molar-refractivity contribution in [3.05, 3.63) is 65.7 Å². The van der Waals surface area contributed by atoms with Crippen molar-refractivity contribution < 1.29 is 19.4 Å². The van der Waals surface area contributed by atoms with Gasteiger partial charge in [-0.25, -0.2) is 4.79 Å². The first-order valence-electron chi connectivity index (χ1n) is 9.75. The fraction of sp³-hybridized carbons (Fsp3) is 0.391. The molecule has 1 aliphatic heterocycles. The molecule has 148 valence electrons. The highest BCUT2D eigenvalue weighted by atomic mass is 16.5. The smallest absolute Gasteiger partial charge is 0.326 e. The summed E-state index contributed by atoms with van der Waals surface area (Å²) in [5, 5.41) is 9.54. The number of amides is 1. The van der Waals surface area contributed by atoms with Gasteiger partial charge in [0.05, 0.1) is 5.92 Å². The molecule has 2 aromatic rings. The summed E-state index contributed by atoms with van der Waals surface area (Å²) in [5.74, 6) is -0.331. The van der Waals surface area contributed by atoms with Gasteiger partial charge in [0, 0.05) is 6.54 Å². The quantitative estimate of drug-likeness (QED) is 0.748. The Hall–Kier alpha value is -2.82. The standard InChI is InChI=1S/C23H27NO4/c1-16(2)14-21(23(26)27)24-13-12-20(22(24)25)18-8-10-19(11-9-18)28-15-17-6-4-3-5-7-17/h3-11,16,20-21H,12-15H2,1-2H3,(H,26,27)/t20-,21+/m0/s1. The third-order valence-corrected chi connectivity index (χ3v) is 5.13. The fourth-order valence-corrected chi connectivity index (χ4v) is 3.67. The van der Waals surface area contributed by atoms with E-state index in [0.717, 1.165) is 16.9 Å². The van der Waals surface area contributed by atoms with Crippen LogP contribution in [0.2, 0.25) is 0 Å². The van der Waals surface area contributed by atoms with Crippen LogP contribution in [-0.2, 0) is 16.2 Å². The second-order valence-electron chi connectivity index (χ2n) is 7.70. The molecule has 1 aliphatic rings. The number of aliphatic carboxylic acids is 1. The molecule has 0 spiro atoms. The van der Waals surface area contributed by atoms with Crippen molar-refractivity contribution in [1.82, 2.24) is 4.90 Å². The molecule has 2 aromatic carbocycles. The Morgan fingerprint density at radius 3 is 2.43 bits per heavy atom. The van der Waals surface area contributed by atoms with E-state index in [1.807, 2.05) is 68.4 Å². The zero-order valence-corrected chi connectivity index (χ0v) is 16.4. The lowest BCUT2D eigenvalue weighted by Gasteiger charge is -2.26. The minimum absolute atomic E-state index is 0.0917. The highest BCUT2D eigenvalue weighted by Gasteiger charge is 2.39. The van der Waals surface area contributed by atoms with E-state index in [2.05, 4.69) is 0 Å². The first kappa shape index (κ1) is 19.9. The number of hydrogen-bond acceptors (Lipinski definition) is 3. The minimum atomic E-state index is -0.924. The van der Waals surface area contributed by atoms with Crippen LogP contribution < -0.4 is 4.74 Å². The third kappa shape index (κ3) is 4.71. The normalized spacial score (nSPS) is 17.8. The molecule has 0 unspecified atom stereocenters. The van der Waals surface area contributed by atoms with Crippen LogP contribution in [0.15, 0.2) is 54.6 Å². The maximum Gasteiger partial charge on any atom is 0.326 e. The summed E-state index contributed by atoms with van der Waals surface area (Å²) < 4.78 is 5.80. The van der Waals surface area contributed by atoms with E-state index in [4.69, 9.17) is 4.74 Å². The fourth-order valence-electron chi connectivity index (χ4n) is 3.67. The van der Waals surface area contributed by atoms with Crippen LogP contribution >= 0.6 is 0 Å². The molecule has 1 heterocycles. The van der Waals surface area contributed by atoms with Gasteiger partial charge in [-0.15, -0.1) is 0 Å². The predicted molar refractivity (Wildman–Crippen MR) is 107 cm³/mol. The molecule has 2 atom stereocenters. The van der Waals surface area contributed by atoms with Gasteiger partial charge in [0.25, 0.3) is 0 Å². The van der Waals surface area contributed by atoms with E-state index in [9.17, 15) is 14.7 Å². The highest BCUT2D eigenvalue weighted by Crippen LogP contribution is 2.32. The van der Waals surface area contributed by atoms with Crippen LogP contribution in [0, 0.1) is 5.92 Å². The highest BCUT2D eigenvalue weighted by molar-refractivity contribution is 5.90. The summed E-state index contributed by atoms with van der Waals surface area (Å²) in [6.45, 7) is 4.93. The van der Waals surface area contributed by atoms with Crippen molar-refractivity contribution in [3.8, 4) is 5.75 Å². The van der Waals surface area contributed by atoms with E-state index in [1.54, 1.807) is 0 Å². The number of carboxylic acids is 1. The zero-order chi connectivity index (χ0) is 20.1. The largest absolute Gasteiger partial charge is 0.489 e. The van der Waals surface area contributed by atoms with Gasteiger partial charge in [-0.2, -0.15) is 0 Å². The molecule has 0 aromatic heterocycles. The summed E-state index contributed by atoms with van der Waals surface area (Å²) in [7, 11) is 0. The number of hydrogen-bond donors (Lipinski definition) is 1. The molecule has 28 heavy (non-hydrogen) atoms. The van der Waals surface area contributed by atoms with Crippen molar-refractivity contribution in [2.75, 3.05) is 6.54 Å². The predicted octanol–water partition coefficient (Wildman–Crippen LogP) is 4.08. The van der Waals surface area contributed by atoms with E-state index in [1.165, 1.54) is 4.90 Å². The number of carbonyl (C=O) groups is 2.